The molecule has 2 aromatic rings. The summed E-state index contributed by atoms with van der Waals surface area (Å²) < 4.78 is 17.9. The summed E-state index contributed by atoms with van der Waals surface area (Å²) in [6.45, 7) is 11.1. The third kappa shape index (κ3) is 9.93. The number of nitrogens with zero attached hydrogens (tertiary/aromatic N) is 4. The Morgan fingerprint density at radius 2 is 1.14 bits per heavy atom. The van der Waals surface area contributed by atoms with Crippen molar-refractivity contribution >= 4 is 35.4 Å². The van der Waals surface area contributed by atoms with Crippen molar-refractivity contribution in [3.63, 3.8) is 0 Å². The van der Waals surface area contributed by atoms with E-state index in [0.717, 1.165) is 116 Å². The first-order chi connectivity index (χ1) is 33.1. The Labute approximate surface area is 407 Å². The van der Waals surface area contributed by atoms with Gasteiger partial charge in [0, 0.05) is 38.3 Å². The molecule has 0 aromatic carbocycles. The molecule has 2 aromatic heterocycles. The summed E-state index contributed by atoms with van der Waals surface area (Å²) in [5.41, 5.74) is -1.28. The minimum atomic E-state index is -0.954. The van der Waals surface area contributed by atoms with E-state index in [2.05, 4.69) is 20.4 Å². The number of aliphatic hydroxyl groups is 2. The fourth-order valence-corrected chi connectivity index (χ4v) is 15.0. The minimum Gasteiger partial charge on any atom is -0.477 e. The van der Waals surface area contributed by atoms with Crippen LogP contribution in [0.5, 0.6) is 11.8 Å². The number of aromatic nitrogens is 2. The zero-order valence-corrected chi connectivity index (χ0v) is 41.4. The summed E-state index contributed by atoms with van der Waals surface area (Å²) in [7, 11) is 0. The van der Waals surface area contributed by atoms with E-state index in [1.807, 2.05) is 39.8 Å². The van der Waals surface area contributed by atoms with Gasteiger partial charge in [-0.25, -0.2) is 0 Å². The second-order valence-electron chi connectivity index (χ2n) is 23.6. The molecular weight excluding hydrogens is 877 g/mol. The summed E-state index contributed by atoms with van der Waals surface area (Å²) in [6.07, 6.45) is 13.9. The highest BCUT2D eigenvalue weighted by Crippen LogP contribution is 2.57. The highest BCUT2D eigenvalue weighted by molar-refractivity contribution is 5.97. The quantitative estimate of drug-likeness (QED) is 0.0993. The number of nitrogens with one attached hydrogen (secondary N) is 2. The largest absolute Gasteiger partial charge is 0.477 e. The molecule has 8 saturated carbocycles. The number of carbonyl (C=O) groups is 4. The van der Waals surface area contributed by atoms with Crippen LogP contribution in [0, 0.1) is 52.8 Å². The molecule has 0 radical (unpaired) electrons. The third-order valence-corrected chi connectivity index (χ3v) is 17.9. The van der Waals surface area contributed by atoms with E-state index in [-0.39, 0.29) is 65.8 Å². The number of pyridine rings is 2. The number of amides is 2. The molecule has 10 fully saturated rings. The van der Waals surface area contributed by atoms with Gasteiger partial charge in [0.2, 0.25) is 11.8 Å². The average Bonchev–Trinajstić information content (AvgIpc) is 3.31. The fourth-order valence-electron chi connectivity index (χ4n) is 15.0. The molecule has 10 aliphatic rings. The lowest BCUT2D eigenvalue weighted by molar-refractivity contribution is -0.169. The number of hydrogen-bond donors (Lipinski definition) is 4. The first-order valence-corrected chi connectivity index (χ1v) is 26.7. The molecule has 4 N–H and O–H groups in total. The number of rotatable bonds is 16. The van der Waals surface area contributed by atoms with Crippen LogP contribution in [0.15, 0.2) is 24.3 Å². The lowest BCUT2D eigenvalue weighted by atomic mass is 9.52. The number of piperidine rings is 2. The van der Waals surface area contributed by atoms with Crippen LogP contribution in [0.25, 0.3) is 0 Å². The van der Waals surface area contributed by atoms with E-state index < -0.39 is 28.6 Å². The van der Waals surface area contributed by atoms with Crippen molar-refractivity contribution in [2.24, 2.45) is 52.8 Å². The maximum Gasteiger partial charge on any atom is 0.319 e. The standard InChI is InChI=1S/C54H76N6O9/c1-5-17-67-49-40(47(62)57-45-35-19-33-20-36(45)27-53(65,24-33)26-35)11-13-42(55-49)59-15-7-9-32(30-59)23-44(61)69-51(64)52(3,4)39-10-8-16-60(31-39)43-14-12-41(50(56-43)68-18-6-2)48(63)58-46-37-21-34-22-38(46)29-54(66,25-34)28-37/h11-14,32-39,45-46,65-66H,5-10,15-31H2,1-4H3,(H,57,62)(H,58,63)/t32-,33?,34?,35?,36?,37?,38?,39?,45?,46?,53?,54?/m0/s1. The van der Waals surface area contributed by atoms with Crippen molar-refractivity contribution in [2.75, 3.05) is 49.2 Å². The normalized spacial score (nSPS) is 34.3. The van der Waals surface area contributed by atoms with E-state index in [1.165, 1.54) is 0 Å². The van der Waals surface area contributed by atoms with Gasteiger partial charge in [0.25, 0.3) is 11.8 Å². The van der Waals surface area contributed by atoms with Crippen LogP contribution in [0.1, 0.15) is 158 Å². The van der Waals surface area contributed by atoms with Gasteiger partial charge in [0.05, 0.1) is 36.3 Å². The lowest BCUT2D eigenvalue weighted by Gasteiger charge is -2.58. The molecule has 4 heterocycles. The highest BCUT2D eigenvalue weighted by Gasteiger charge is 2.56. The van der Waals surface area contributed by atoms with E-state index in [4.69, 9.17) is 24.2 Å². The second kappa shape index (κ2) is 19.3. The first kappa shape index (κ1) is 48.1. The Hall–Kier alpha value is -4.50. The number of esters is 2. The molecule has 2 aliphatic heterocycles. The molecule has 0 spiro atoms. The number of hydrogen-bond acceptors (Lipinski definition) is 13. The SMILES string of the molecule is CCCOc1nc(N2CCCC(C(C)(C)C(=O)OC(=O)C[C@@H]3CCCN(c4ccc(C(=O)NC5C6CC7CC5CC(O)(C7)C6)c(OCCC)n4)C3)C2)ccc1C(=O)NC1C2CC3CC1CC(O)(C3)C2. The fraction of sp³-hybridized carbons (Fsp3) is 0.741. The smallest absolute Gasteiger partial charge is 0.319 e. The van der Waals surface area contributed by atoms with Crippen molar-refractivity contribution in [3.8, 4) is 11.8 Å². The topological polar surface area (TPSA) is 193 Å². The number of carbonyl (C=O) groups excluding carboxylic acids is 4. The molecule has 8 bridgehead atoms. The van der Waals surface area contributed by atoms with Crippen molar-refractivity contribution < 1.29 is 43.6 Å². The van der Waals surface area contributed by atoms with Crippen LogP contribution < -0.4 is 29.9 Å². The predicted octanol–water partition coefficient (Wildman–Crippen LogP) is 7.01. The van der Waals surface area contributed by atoms with Gasteiger partial charge in [-0.3, -0.25) is 19.2 Å². The Kier molecular flexibility index (Phi) is 13.4. The summed E-state index contributed by atoms with van der Waals surface area (Å²) in [5, 5.41) is 28.9. The third-order valence-electron chi connectivity index (χ3n) is 17.9. The van der Waals surface area contributed by atoms with Crippen LogP contribution in [0.3, 0.4) is 0 Å². The maximum atomic E-state index is 13.9. The number of anilines is 2. The zero-order chi connectivity index (χ0) is 48.2. The molecule has 15 heteroatoms. The van der Waals surface area contributed by atoms with Gasteiger partial charge >= 0.3 is 11.9 Å². The average molecular weight is 953 g/mol. The zero-order valence-electron chi connectivity index (χ0n) is 41.4. The van der Waals surface area contributed by atoms with E-state index in [9.17, 15) is 29.4 Å². The van der Waals surface area contributed by atoms with Crippen LogP contribution in [0.4, 0.5) is 11.6 Å². The molecule has 5 unspecified atom stereocenters. The Balaban J connectivity index is 0.740. The number of ether oxygens (including phenoxy) is 3. The monoisotopic (exact) mass is 953 g/mol. The first-order valence-electron chi connectivity index (χ1n) is 26.7. The van der Waals surface area contributed by atoms with Crippen molar-refractivity contribution in [2.45, 2.75) is 160 Å². The molecule has 69 heavy (non-hydrogen) atoms. The summed E-state index contributed by atoms with van der Waals surface area (Å²) in [5.74, 6) is 2.60. The van der Waals surface area contributed by atoms with Crippen molar-refractivity contribution in [3.05, 3.63) is 35.4 Å². The predicted molar refractivity (Wildman–Crippen MR) is 259 cm³/mol. The van der Waals surface area contributed by atoms with E-state index in [1.54, 1.807) is 12.1 Å². The minimum absolute atomic E-state index is 0.0399. The second-order valence-corrected chi connectivity index (χ2v) is 23.6. The van der Waals surface area contributed by atoms with Crippen LogP contribution in [-0.4, -0.2) is 107 Å². The highest BCUT2D eigenvalue weighted by atomic mass is 16.6. The van der Waals surface area contributed by atoms with Gasteiger partial charge in [0.15, 0.2) is 0 Å². The van der Waals surface area contributed by atoms with Crippen LogP contribution >= 0.6 is 0 Å². The van der Waals surface area contributed by atoms with Crippen molar-refractivity contribution in [1.29, 1.82) is 0 Å². The van der Waals surface area contributed by atoms with Gasteiger partial charge in [-0.1, -0.05) is 13.8 Å². The van der Waals surface area contributed by atoms with Gasteiger partial charge in [0.1, 0.15) is 22.8 Å². The van der Waals surface area contributed by atoms with E-state index in [0.29, 0.717) is 72.7 Å². The summed E-state index contributed by atoms with van der Waals surface area (Å²) >= 11 is 0. The molecule has 376 valence electrons. The molecule has 2 amide bonds. The molecule has 6 atom stereocenters. The van der Waals surface area contributed by atoms with E-state index >= 15 is 0 Å². The molecular formula is C54H76N6O9. The van der Waals surface area contributed by atoms with Gasteiger partial charge < -0.3 is 44.9 Å². The van der Waals surface area contributed by atoms with Crippen LogP contribution in [0.2, 0.25) is 0 Å². The molecule has 2 saturated heterocycles. The lowest BCUT2D eigenvalue weighted by Crippen LogP contribution is -2.61. The maximum absolute atomic E-state index is 13.9. The Morgan fingerprint density at radius 1 is 0.681 bits per heavy atom. The molecule has 15 nitrogen and oxygen atoms in total. The van der Waals surface area contributed by atoms with Gasteiger partial charge in [-0.2, -0.15) is 9.97 Å². The Morgan fingerprint density at radius 3 is 1.61 bits per heavy atom. The van der Waals surface area contributed by atoms with Gasteiger partial charge in [-0.05, 0) is 188 Å². The summed E-state index contributed by atoms with van der Waals surface area (Å²) in [4.78, 5) is 69.2. The van der Waals surface area contributed by atoms with Gasteiger partial charge in [-0.15, -0.1) is 0 Å². The summed E-state index contributed by atoms with van der Waals surface area (Å²) in [6, 6.07) is 7.43. The molecule has 12 rings (SSSR count). The molecule has 8 aliphatic carbocycles. The van der Waals surface area contributed by atoms with Crippen molar-refractivity contribution in [1.82, 2.24) is 20.6 Å². The van der Waals surface area contributed by atoms with Crippen LogP contribution in [-0.2, 0) is 14.3 Å². The Bertz CT molecular complexity index is 2240.